The lowest BCUT2D eigenvalue weighted by molar-refractivity contribution is 0.266. The third-order valence-electron chi connectivity index (χ3n) is 4.99. The Bertz CT molecular complexity index is 1390. The number of hydrogen-bond donors (Lipinski definition) is 1. The smallest absolute Gasteiger partial charge is 0.283 e. The SMILES string of the molecule is O=S(=O)(OC(c1ccccc1)S(=O)(=O)O)c1c(-c2ccccc2)cccc1-c1ccccc1. The number of benzene rings is 4. The first-order valence-electron chi connectivity index (χ1n) is 9.96. The molecule has 4 rings (SSSR count). The molecule has 0 saturated heterocycles. The summed E-state index contributed by atoms with van der Waals surface area (Å²) in [4.78, 5) is -0.188. The molecule has 4 aromatic rings. The van der Waals surface area contributed by atoms with E-state index in [2.05, 4.69) is 0 Å². The highest BCUT2D eigenvalue weighted by atomic mass is 32.2. The molecule has 1 N–H and O–H groups in total. The molecule has 0 aromatic heterocycles. The van der Waals surface area contributed by atoms with Crippen LogP contribution in [0.5, 0.6) is 0 Å². The van der Waals surface area contributed by atoms with Crippen LogP contribution in [0.4, 0.5) is 0 Å². The molecule has 0 spiro atoms. The monoisotopic (exact) mass is 480 g/mol. The van der Waals surface area contributed by atoms with Crippen LogP contribution in [0.25, 0.3) is 22.3 Å². The first-order valence-corrected chi connectivity index (χ1v) is 12.9. The summed E-state index contributed by atoms with van der Waals surface area (Å²) in [6.07, 6.45) is 0. The topological polar surface area (TPSA) is 97.7 Å². The van der Waals surface area contributed by atoms with Gasteiger partial charge in [0.2, 0.25) is 5.44 Å². The van der Waals surface area contributed by atoms with Crippen LogP contribution < -0.4 is 0 Å². The Morgan fingerprint density at radius 2 is 1.00 bits per heavy atom. The zero-order chi connectivity index (χ0) is 23.5. The minimum Gasteiger partial charge on any atom is -0.283 e. The largest absolute Gasteiger partial charge is 0.299 e. The van der Waals surface area contributed by atoms with Crippen molar-refractivity contribution in [3.8, 4) is 22.3 Å². The molecule has 0 saturated carbocycles. The maximum absolute atomic E-state index is 13.7. The van der Waals surface area contributed by atoms with E-state index in [0.29, 0.717) is 22.3 Å². The Balaban J connectivity index is 1.94. The molecule has 6 nitrogen and oxygen atoms in total. The molecular weight excluding hydrogens is 460 g/mol. The molecule has 1 atom stereocenters. The van der Waals surface area contributed by atoms with Gasteiger partial charge in [-0.25, -0.2) is 4.18 Å². The quantitative estimate of drug-likeness (QED) is 0.284. The molecule has 0 aliphatic heterocycles. The summed E-state index contributed by atoms with van der Waals surface area (Å²) in [5.74, 6) is 0. The van der Waals surface area contributed by atoms with E-state index in [0.717, 1.165) is 0 Å². The average Bonchev–Trinajstić information content (AvgIpc) is 2.83. The summed E-state index contributed by atoms with van der Waals surface area (Å²) in [7, 11) is -9.60. The van der Waals surface area contributed by atoms with Crippen LogP contribution >= 0.6 is 0 Å². The fraction of sp³-hybridized carbons (Fsp3) is 0.0400. The van der Waals surface area contributed by atoms with E-state index < -0.39 is 25.7 Å². The van der Waals surface area contributed by atoms with Gasteiger partial charge in [0.05, 0.1) is 0 Å². The molecule has 0 aliphatic rings. The molecule has 0 amide bonds. The fourth-order valence-electron chi connectivity index (χ4n) is 3.55. The standard InChI is InChI=1S/C25H20O6S2/c26-32(27,28)25(21-15-8-3-9-16-21)31-33(29,30)24-22(19-11-4-1-5-12-19)17-10-18-23(24)20-13-6-2-7-14-20/h1-18,25H,(H,26,27,28). The fourth-order valence-corrected chi connectivity index (χ4v) is 6.10. The van der Waals surface area contributed by atoms with Gasteiger partial charge in [0.25, 0.3) is 20.2 Å². The summed E-state index contributed by atoms with van der Waals surface area (Å²) >= 11 is 0. The predicted molar refractivity (Wildman–Crippen MR) is 126 cm³/mol. The van der Waals surface area contributed by atoms with E-state index in [-0.39, 0.29) is 10.5 Å². The van der Waals surface area contributed by atoms with Crippen molar-refractivity contribution >= 4 is 20.2 Å². The van der Waals surface area contributed by atoms with Gasteiger partial charge in [-0.15, -0.1) is 0 Å². The Labute approximate surface area is 193 Å². The summed E-state index contributed by atoms with van der Waals surface area (Å²) in [5.41, 5.74) is -0.211. The first-order chi connectivity index (χ1) is 15.8. The lowest BCUT2D eigenvalue weighted by atomic mass is 9.99. The number of hydrogen-bond acceptors (Lipinski definition) is 5. The van der Waals surface area contributed by atoms with E-state index in [1.807, 2.05) is 0 Å². The van der Waals surface area contributed by atoms with E-state index in [1.165, 1.54) is 24.3 Å². The zero-order valence-corrected chi connectivity index (χ0v) is 18.9. The van der Waals surface area contributed by atoms with Crippen LogP contribution in [0.15, 0.2) is 114 Å². The van der Waals surface area contributed by atoms with Crippen molar-refractivity contribution < 1.29 is 25.6 Å². The van der Waals surface area contributed by atoms with Gasteiger partial charge in [0.1, 0.15) is 4.90 Å². The van der Waals surface area contributed by atoms with Crippen molar-refractivity contribution in [2.24, 2.45) is 0 Å². The van der Waals surface area contributed by atoms with Gasteiger partial charge in [0.15, 0.2) is 0 Å². The van der Waals surface area contributed by atoms with Crippen molar-refractivity contribution in [1.29, 1.82) is 0 Å². The molecule has 33 heavy (non-hydrogen) atoms. The van der Waals surface area contributed by atoms with E-state index in [4.69, 9.17) is 4.18 Å². The summed E-state index contributed by atoms with van der Waals surface area (Å²) < 4.78 is 66.6. The average molecular weight is 481 g/mol. The van der Waals surface area contributed by atoms with E-state index in [9.17, 15) is 21.4 Å². The van der Waals surface area contributed by atoms with Crippen molar-refractivity contribution in [1.82, 2.24) is 0 Å². The van der Waals surface area contributed by atoms with E-state index >= 15 is 0 Å². The van der Waals surface area contributed by atoms with Gasteiger partial charge in [-0.2, -0.15) is 16.8 Å². The minimum absolute atomic E-state index is 0.0120. The lowest BCUT2D eigenvalue weighted by Crippen LogP contribution is -2.21. The Morgan fingerprint density at radius 3 is 1.42 bits per heavy atom. The van der Waals surface area contributed by atoms with Gasteiger partial charge in [-0.05, 0) is 16.7 Å². The van der Waals surface area contributed by atoms with Crippen LogP contribution in [0.2, 0.25) is 0 Å². The molecule has 0 aliphatic carbocycles. The third-order valence-corrected chi connectivity index (χ3v) is 7.41. The molecular formula is C25H20O6S2. The molecule has 1 unspecified atom stereocenters. The van der Waals surface area contributed by atoms with Crippen molar-refractivity contribution in [3.05, 3.63) is 115 Å². The maximum atomic E-state index is 13.7. The second-order valence-corrected chi connectivity index (χ2v) is 10.2. The Morgan fingerprint density at radius 1 is 0.576 bits per heavy atom. The molecule has 8 heteroatoms. The number of rotatable bonds is 7. The summed E-state index contributed by atoms with van der Waals surface area (Å²) in [5, 5.41) is 0. The Kier molecular flexibility index (Phi) is 6.44. The van der Waals surface area contributed by atoms with Crippen LogP contribution in [0.1, 0.15) is 11.0 Å². The van der Waals surface area contributed by atoms with Gasteiger partial charge < -0.3 is 0 Å². The Hall–Kier alpha value is -3.30. The molecule has 0 heterocycles. The van der Waals surface area contributed by atoms with Gasteiger partial charge in [0, 0.05) is 11.1 Å². The molecule has 4 aromatic carbocycles. The second-order valence-electron chi connectivity index (χ2n) is 7.22. The van der Waals surface area contributed by atoms with Crippen LogP contribution in [-0.2, 0) is 24.4 Å². The van der Waals surface area contributed by atoms with Gasteiger partial charge >= 0.3 is 0 Å². The summed E-state index contributed by atoms with van der Waals surface area (Å²) in [6.45, 7) is 0. The normalized spacial score (nSPS) is 12.9. The minimum atomic E-state index is -4.92. The molecule has 168 valence electrons. The van der Waals surface area contributed by atoms with Gasteiger partial charge in [-0.3, -0.25) is 4.55 Å². The predicted octanol–water partition coefficient (Wildman–Crippen LogP) is 5.31. The third kappa shape index (κ3) is 5.04. The van der Waals surface area contributed by atoms with E-state index in [1.54, 1.807) is 84.9 Å². The van der Waals surface area contributed by atoms with Crippen LogP contribution in [0.3, 0.4) is 0 Å². The lowest BCUT2D eigenvalue weighted by Gasteiger charge is -2.19. The molecule has 0 bridgehead atoms. The molecule has 0 radical (unpaired) electrons. The van der Waals surface area contributed by atoms with Crippen molar-refractivity contribution in [3.63, 3.8) is 0 Å². The second kappa shape index (κ2) is 9.29. The maximum Gasteiger partial charge on any atom is 0.299 e. The molecule has 0 fully saturated rings. The zero-order valence-electron chi connectivity index (χ0n) is 17.3. The van der Waals surface area contributed by atoms with Crippen molar-refractivity contribution in [2.75, 3.05) is 0 Å². The van der Waals surface area contributed by atoms with Crippen LogP contribution in [-0.4, -0.2) is 21.4 Å². The highest BCUT2D eigenvalue weighted by Gasteiger charge is 2.35. The van der Waals surface area contributed by atoms with Gasteiger partial charge in [-0.1, -0.05) is 109 Å². The van der Waals surface area contributed by atoms with Crippen LogP contribution in [0, 0.1) is 0 Å². The highest BCUT2D eigenvalue weighted by Crippen LogP contribution is 2.39. The van der Waals surface area contributed by atoms with Crippen molar-refractivity contribution in [2.45, 2.75) is 10.3 Å². The first kappa shape index (κ1) is 22.9. The summed E-state index contributed by atoms with van der Waals surface area (Å²) in [6, 6.07) is 30.1. The highest BCUT2D eigenvalue weighted by molar-refractivity contribution is 7.89.